The Morgan fingerprint density at radius 2 is 1.53 bits per heavy atom. The summed E-state index contributed by atoms with van der Waals surface area (Å²) in [6.45, 7) is 0. The minimum atomic E-state index is -6.06. The largest absolute Gasteiger partial charge is 0.493 e. The molecule has 0 aliphatic rings. The van der Waals surface area contributed by atoms with Gasteiger partial charge in [0.15, 0.2) is 11.5 Å². The maximum absolute atomic E-state index is 13.2. The maximum atomic E-state index is 13.2. The number of fused-ring (bicyclic) bond motifs is 1. The Hall–Kier alpha value is -3.79. The number of hydrogen-bond acceptors (Lipinski definition) is 6. The Bertz CT molecular complexity index is 1310. The van der Waals surface area contributed by atoms with Crippen molar-refractivity contribution in [2.45, 2.75) is 24.4 Å². The van der Waals surface area contributed by atoms with Crippen molar-refractivity contribution in [2.24, 2.45) is 0 Å². The molecule has 0 amide bonds. The van der Waals surface area contributed by atoms with E-state index in [9.17, 15) is 36.2 Å². The molecule has 0 atom stereocenters. The van der Waals surface area contributed by atoms with Crippen molar-refractivity contribution in [3.05, 3.63) is 58.1 Å². The second-order valence-electron chi connectivity index (χ2n) is 6.98. The van der Waals surface area contributed by atoms with E-state index in [0.29, 0.717) is 12.1 Å². The standard InChI is InChI=1S/C21H15F6N3O4/c1-33-15-9-13-14(10-16(15)34-2)29-17(7-8-28)30(18(13)31)12-5-3-11(4-6-12)19(32,20(22,23)24)21(25,26)27/h3-6,9-10,32H,7H2,1-2H3. The molecule has 0 bridgehead atoms. The number of benzene rings is 2. The zero-order valence-corrected chi connectivity index (χ0v) is 17.5. The molecule has 0 aliphatic heterocycles. The van der Waals surface area contributed by atoms with E-state index in [0.717, 1.165) is 16.7 Å². The van der Waals surface area contributed by atoms with Gasteiger partial charge in [0.05, 0.1) is 43.3 Å². The summed E-state index contributed by atoms with van der Waals surface area (Å²) in [5.41, 5.74) is -7.42. The third-order valence-electron chi connectivity index (χ3n) is 5.04. The van der Waals surface area contributed by atoms with Crippen LogP contribution in [0.3, 0.4) is 0 Å². The van der Waals surface area contributed by atoms with Gasteiger partial charge >= 0.3 is 12.4 Å². The zero-order chi connectivity index (χ0) is 25.5. The van der Waals surface area contributed by atoms with Crippen LogP contribution in [-0.2, 0) is 12.0 Å². The van der Waals surface area contributed by atoms with Crippen LogP contribution in [0.4, 0.5) is 26.3 Å². The molecule has 180 valence electrons. The third-order valence-corrected chi connectivity index (χ3v) is 5.04. The summed E-state index contributed by atoms with van der Waals surface area (Å²) in [7, 11) is 2.67. The predicted molar refractivity (Wildman–Crippen MR) is 106 cm³/mol. The van der Waals surface area contributed by atoms with Crippen molar-refractivity contribution in [3.8, 4) is 23.3 Å². The number of hydrogen-bond donors (Lipinski definition) is 1. The molecule has 0 aliphatic carbocycles. The molecular weight excluding hydrogens is 472 g/mol. The molecule has 0 radical (unpaired) electrons. The fraction of sp³-hybridized carbons (Fsp3) is 0.286. The minimum Gasteiger partial charge on any atom is -0.493 e. The van der Waals surface area contributed by atoms with Crippen LogP contribution in [0.2, 0.25) is 0 Å². The molecule has 1 heterocycles. The number of methoxy groups -OCH3 is 2. The molecule has 34 heavy (non-hydrogen) atoms. The minimum absolute atomic E-state index is 0.00879. The second-order valence-corrected chi connectivity index (χ2v) is 6.98. The molecule has 3 rings (SSSR count). The van der Waals surface area contributed by atoms with Gasteiger partial charge in [-0.3, -0.25) is 9.36 Å². The molecule has 1 N–H and O–H groups in total. The van der Waals surface area contributed by atoms with E-state index in [1.165, 1.54) is 26.4 Å². The van der Waals surface area contributed by atoms with Gasteiger partial charge in [0.2, 0.25) is 0 Å². The van der Waals surface area contributed by atoms with Gasteiger partial charge in [0, 0.05) is 11.6 Å². The van der Waals surface area contributed by atoms with Crippen LogP contribution in [0.15, 0.2) is 41.2 Å². The Morgan fingerprint density at radius 3 is 2.00 bits per heavy atom. The maximum Gasteiger partial charge on any atom is 0.430 e. The number of nitriles is 1. The number of ether oxygens (including phenoxy) is 2. The van der Waals surface area contributed by atoms with Gasteiger partial charge in [0.25, 0.3) is 11.2 Å². The van der Waals surface area contributed by atoms with Gasteiger partial charge in [-0.1, -0.05) is 12.1 Å². The number of aromatic nitrogens is 2. The highest BCUT2D eigenvalue weighted by molar-refractivity contribution is 5.82. The summed E-state index contributed by atoms with van der Waals surface area (Å²) < 4.78 is 90.1. The smallest absolute Gasteiger partial charge is 0.430 e. The van der Waals surface area contributed by atoms with Crippen molar-refractivity contribution in [3.63, 3.8) is 0 Å². The number of aliphatic hydroxyl groups is 1. The lowest BCUT2D eigenvalue weighted by Gasteiger charge is -2.32. The summed E-state index contributed by atoms with van der Waals surface area (Å²) in [5.74, 6) is 0.289. The molecule has 1 aromatic heterocycles. The SMILES string of the molecule is COc1cc2nc(CC#N)n(-c3ccc(C(O)(C(F)(F)F)C(F)(F)F)cc3)c(=O)c2cc1OC. The highest BCUT2D eigenvalue weighted by Gasteiger charge is 2.71. The lowest BCUT2D eigenvalue weighted by Crippen LogP contribution is -2.53. The van der Waals surface area contributed by atoms with E-state index in [2.05, 4.69) is 4.98 Å². The first-order chi connectivity index (χ1) is 15.8. The number of alkyl halides is 6. The number of nitrogens with zero attached hydrogens (tertiary/aromatic N) is 3. The molecule has 0 saturated carbocycles. The van der Waals surface area contributed by atoms with Gasteiger partial charge in [-0.05, 0) is 18.2 Å². The molecule has 3 aromatic rings. The van der Waals surface area contributed by atoms with E-state index in [1.54, 1.807) is 6.07 Å². The Balaban J connectivity index is 2.26. The van der Waals surface area contributed by atoms with Gasteiger partial charge in [-0.15, -0.1) is 0 Å². The molecule has 2 aromatic carbocycles. The average Bonchev–Trinajstić information content (AvgIpc) is 2.77. The van der Waals surface area contributed by atoms with Crippen LogP contribution in [0.25, 0.3) is 16.6 Å². The molecule has 7 nitrogen and oxygen atoms in total. The molecule has 13 heteroatoms. The molecule has 0 unspecified atom stereocenters. The van der Waals surface area contributed by atoms with Crippen LogP contribution < -0.4 is 15.0 Å². The lowest BCUT2D eigenvalue weighted by atomic mass is 9.92. The highest BCUT2D eigenvalue weighted by atomic mass is 19.4. The third kappa shape index (κ3) is 3.90. The van der Waals surface area contributed by atoms with Crippen molar-refractivity contribution in [2.75, 3.05) is 14.2 Å². The monoisotopic (exact) mass is 487 g/mol. The van der Waals surface area contributed by atoms with Crippen molar-refractivity contribution >= 4 is 10.9 Å². The molecule has 0 saturated heterocycles. The van der Waals surface area contributed by atoms with Crippen molar-refractivity contribution < 1.29 is 40.9 Å². The van der Waals surface area contributed by atoms with E-state index in [-0.39, 0.29) is 33.9 Å². The van der Waals surface area contributed by atoms with Gasteiger partial charge < -0.3 is 14.6 Å². The lowest BCUT2D eigenvalue weighted by molar-refractivity contribution is -0.376. The first-order valence-corrected chi connectivity index (χ1v) is 9.31. The van der Waals surface area contributed by atoms with Crippen molar-refractivity contribution in [1.82, 2.24) is 9.55 Å². The van der Waals surface area contributed by atoms with E-state index in [1.807, 2.05) is 0 Å². The first-order valence-electron chi connectivity index (χ1n) is 9.31. The van der Waals surface area contributed by atoms with Gasteiger partial charge in [-0.2, -0.15) is 31.6 Å². The fourth-order valence-corrected chi connectivity index (χ4v) is 3.35. The summed E-state index contributed by atoms with van der Waals surface area (Å²) in [5, 5.41) is 18.7. The van der Waals surface area contributed by atoms with E-state index in [4.69, 9.17) is 14.7 Å². The Labute approximate surface area is 187 Å². The quantitative estimate of drug-likeness (QED) is 0.551. The topological polar surface area (TPSA) is 97.4 Å². The van der Waals surface area contributed by atoms with Crippen LogP contribution >= 0.6 is 0 Å². The normalized spacial score (nSPS) is 12.5. The Morgan fingerprint density at radius 1 is 1.00 bits per heavy atom. The van der Waals surface area contributed by atoms with Crippen LogP contribution in [0.1, 0.15) is 11.4 Å². The van der Waals surface area contributed by atoms with Crippen LogP contribution in [0.5, 0.6) is 11.5 Å². The van der Waals surface area contributed by atoms with Crippen LogP contribution in [0, 0.1) is 11.3 Å². The van der Waals surface area contributed by atoms with Gasteiger partial charge in [-0.25, -0.2) is 4.98 Å². The average molecular weight is 487 g/mol. The number of rotatable bonds is 5. The first kappa shape index (κ1) is 24.8. The van der Waals surface area contributed by atoms with Crippen LogP contribution in [-0.4, -0.2) is 41.2 Å². The Kier molecular flexibility index (Phi) is 6.23. The molecular formula is C21H15F6N3O4. The summed E-state index contributed by atoms with van der Waals surface area (Å²) in [6.07, 6.45) is -12.5. The summed E-state index contributed by atoms with van der Waals surface area (Å²) >= 11 is 0. The van der Waals surface area contributed by atoms with Crippen molar-refractivity contribution in [1.29, 1.82) is 5.26 Å². The summed E-state index contributed by atoms with van der Waals surface area (Å²) in [4.78, 5) is 17.4. The van der Waals surface area contributed by atoms with Gasteiger partial charge in [0.1, 0.15) is 5.82 Å². The zero-order valence-electron chi connectivity index (χ0n) is 17.5. The predicted octanol–water partition coefficient (Wildman–Crippen LogP) is 3.78. The number of halogens is 6. The molecule has 0 fully saturated rings. The van der Waals surface area contributed by atoms with E-state index < -0.39 is 35.5 Å². The fourth-order valence-electron chi connectivity index (χ4n) is 3.35. The second kappa shape index (κ2) is 8.53. The van der Waals surface area contributed by atoms with E-state index >= 15 is 0 Å². The summed E-state index contributed by atoms with van der Waals surface area (Å²) in [6, 6.07) is 6.86. The molecule has 0 spiro atoms. The highest BCUT2D eigenvalue weighted by Crippen LogP contribution is 2.50.